The van der Waals surface area contributed by atoms with E-state index in [0.717, 1.165) is 23.2 Å². The highest BCUT2D eigenvalue weighted by molar-refractivity contribution is 5.01. The van der Waals surface area contributed by atoms with Crippen molar-refractivity contribution in [3.8, 4) is 0 Å². The Labute approximate surface area is 100 Å². The molecular weight excluding hydrogens is 194 g/mol. The van der Waals surface area contributed by atoms with Crippen LogP contribution in [0.5, 0.6) is 0 Å². The summed E-state index contributed by atoms with van der Waals surface area (Å²) in [7, 11) is 0. The maximum Gasteiger partial charge on any atom is 0.00104 e. The third kappa shape index (κ3) is 2.03. The average molecular weight is 221 g/mol. The molecule has 4 aliphatic rings. The Kier molecular flexibility index (Phi) is 2.78. The van der Waals surface area contributed by atoms with Gasteiger partial charge in [-0.15, -0.1) is 0 Å². The summed E-state index contributed by atoms with van der Waals surface area (Å²) < 4.78 is 0. The van der Waals surface area contributed by atoms with Crippen LogP contribution in [0.1, 0.15) is 64.7 Å². The Morgan fingerprint density at radius 2 is 1.56 bits per heavy atom. The SMILES string of the molecule is CC(N)CCCC12CC3CC(CC(C3)C1)C2. The number of hydrogen-bond donors (Lipinski definition) is 1. The summed E-state index contributed by atoms with van der Waals surface area (Å²) in [6.45, 7) is 2.15. The molecule has 1 unspecified atom stereocenters. The van der Waals surface area contributed by atoms with Crippen LogP contribution in [-0.4, -0.2) is 6.04 Å². The van der Waals surface area contributed by atoms with Crippen molar-refractivity contribution in [3.05, 3.63) is 0 Å². The molecule has 4 rings (SSSR count). The van der Waals surface area contributed by atoms with Gasteiger partial charge in [0.2, 0.25) is 0 Å². The summed E-state index contributed by atoms with van der Waals surface area (Å²) in [6.07, 6.45) is 13.5. The van der Waals surface area contributed by atoms with Crippen LogP contribution in [-0.2, 0) is 0 Å². The molecule has 1 heteroatoms. The van der Waals surface area contributed by atoms with E-state index in [1.54, 1.807) is 38.5 Å². The summed E-state index contributed by atoms with van der Waals surface area (Å²) >= 11 is 0. The van der Waals surface area contributed by atoms with Crippen LogP contribution in [0.3, 0.4) is 0 Å². The first-order chi connectivity index (χ1) is 7.65. The third-order valence-electron chi connectivity index (χ3n) is 5.53. The topological polar surface area (TPSA) is 26.0 Å². The van der Waals surface area contributed by atoms with E-state index in [0.29, 0.717) is 6.04 Å². The molecule has 4 aliphatic carbocycles. The van der Waals surface area contributed by atoms with Crippen LogP contribution in [0.25, 0.3) is 0 Å². The van der Waals surface area contributed by atoms with Crippen LogP contribution in [0.2, 0.25) is 0 Å². The molecule has 0 aliphatic heterocycles. The molecule has 1 nitrogen and oxygen atoms in total. The molecule has 0 spiro atoms. The van der Waals surface area contributed by atoms with E-state index in [2.05, 4.69) is 6.92 Å². The van der Waals surface area contributed by atoms with Gasteiger partial charge in [-0.05, 0) is 81.5 Å². The van der Waals surface area contributed by atoms with Crippen molar-refractivity contribution >= 4 is 0 Å². The van der Waals surface area contributed by atoms with E-state index >= 15 is 0 Å². The summed E-state index contributed by atoms with van der Waals surface area (Å²) in [6, 6.07) is 0.411. The molecule has 4 saturated carbocycles. The molecule has 0 saturated heterocycles. The molecule has 0 radical (unpaired) electrons. The smallest absolute Gasteiger partial charge is 0.00104 e. The molecule has 4 bridgehead atoms. The molecular formula is C15H27N. The van der Waals surface area contributed by atoms with Gasteiger partial charge in [0.1, 0.15) is 0 Å². The first-order valence-corrected chi connectivity index (χ1v) is 7.41. The van der Waals surface area contributed by atoms with E-state index in [-0.39, 0.29) is 0 Å². The Morgan fingerprint density at radius 3 is 2.00 bits per heavy atom. The normalized spacial score (nSPS) is 47.2. The molecule has 1 atom stereocenters. The van der Waals surface area contributed by atoms with Gasteiger partial charge in [0, 0.05) is 6.04 Å². The molecule has 16 heavy (non-hydrogen) atoms. The lowest BCUT2D eigenvalue weighted by molar-refractivity contribution is -0.0584. The predicted octanol–water partition coefficient (Wildman–Crippen LogP) is 3.72. The molecule has 0 heterocycles. The second-order valence-electron chi connectivity index (χ2n) is 7.29. The lowest BCUT2D eigenvalue weighted by Gasteiger charge is -2.57. The van der Waals surface area contributed by atoms with Crippen LogP contribution < -0.4 is 5.73 Å². The van der Waals surface area contributed by atoms with Gasteiger partial charge in [0.15, 0.2) is 0 Å². The fourth-order valence-electron chi connectivity index (χ4n) is 5.40. The van der Waals surface area contributed by atoms with Gasteiger partial charge >= 0.3 is 0 Å². The quantitative estimate of drug-likeness (QED) is 0.769. The van der Waals surface area contributed by atoms with Crippen molar-refractivity contribution in [2.24, 2.45) is 28.9 Å². The maximum atomic E-state index is 5.87. The highest BCUT2D eigenvalue weighted by Gasteiger charge is 2.50. The molecule has 0 aromatic rings. The van der Waals surface area contributed by atoms with Crippen molar-refractivity contribution in [2.45, 2.75) is 70.8 Å². The van der Waals surface area contributed by atoms with Gasteiger partial charge in [-0.2, -0.15) is 0 Å². The minimum absolute atomic E-state index is 0.411. The number of nitrogens with two attached hydrogens (primary N) is 1. The standard InChI is InChI=1S/C15H27N/c1-11(16)3-2-4-15-8-12-5-13(9-15)7-14(6-12)10-15/h11-14H,2-10,16H2,1H3. The lowest BCUT2D eigenvalue weighted by Crippen LogP contribution is -2.46. The zero-order valence-corrected chi connectivity index (χ0v) is 10.8. The van der Waals surface area contributed by atoms with Crippen LogP contribution in [0.4, 0.5) is 0 Å². The second kappa shape index (κ2) is 4.01. The molecule has 92 valence electrons. The van der Waals surface area contributed by atoms with Crippen LogP contribution in [0.15, 0.2) is 0 Å². The summed E-state index contributed by atoms with van der Waals surface area (Å²) in [5.74, 6) is 3.34. The summed E-state index contributed by atoms with van der Waals surface area (Å²) in [4.78, 5) is 0. The highest BCUT2D eigenvalue weighted by atomic mass is 14.6. The monoisotopic (exact) mass is 221 g/mol. The zero-order valence-electron chi connectivity index (χ0n) is 10.8. The summed E-state index contributed by atoms with van der Waals surface area (Å²) in [5, 5.41) is 0. The summed E-state index contributed by atoms with van der Waals surface area (Å²) in [5.41, 5.74) is 6.65. The van der Waals surface area contributed by atoms with E-state index in [1.165, 1.54) is 19.3 Å². The molecule has 0 aromatic carbocycles. The Balaban J connectivity index is 1.60. The van der Waals surface area contributed by atoms with Gasteiger partial charge in [-0.1, -0.05) is 6.42 Å². The maximum absolute atomic E-state index is 5.87. The van der Waals surface area contributed by atoms with Gasteiger partial charge in [-0.3, -0.25) is 0 Å². The molecule has 4 fully saturated rings. The highest BCUT2D eigenvalue weighted by Crippen LogP contribution is 2.61. The van der Waals surface area contributed by atoms with Crippen molar-refractivity contribution < 1.29 is 0 Å². The van der Waals surface area contributed by atoms with Crippen molar-refractivity contribution in [2.75, 3.05) is 0 Å². The molecule has 0 amide bonds. The first-order valence-electron chi connectivity index (χ1n) is 7.41. The fraction of sp³-hybridized carbons (Fsp3) is 1.00. The zero-order chi connectivity index (χ0) is 11.2. The number of hydrogen-bond acceptors (Lipinski definition) is 1. The van der Waals surface area contributed by atoms with E-state index < -0.39 is 0 Å². The van der Waals surface area contributed by atoms with E-state index in [4.69, 9.17) is 5.73 Å². The largest absolute Gasteiger partial charge is 0.328 e. The average Bonchev–Trinajstić information content (AvgIpc) is 2.13. The van der Waals surface area contributed by atoms with Crippen LogP contribution in [0, 0.1) is 23.2 Å². The van der Waals surface area contributed by atoms with Gasteiger partial charge in [0.05, 0.1) is 0 Å². The van der Waals surface area contributed by atoms with Gasteiger partial charge < -0.3 is 5.73 Å². The molecule has 0 aromatic heterocycles. The Bertz CT molecular complexity index is 221. The van der Waals surface area contributed by atoms with E-state index in [1.807, 2.05) is 0 Å². The van der Waals surface area contributed by atoms with Gasteiger partial charge in [0.25, 0.3) is 0 Å². The van der Waals surface area contributed by atoms with Gasteiger partial charge in [-0.25, -0.2) is 0 Å². The Hall–Kier alpha value is -0.0400. The third-order valence-corrected chi connectivity index (χ3v) is 5.53. The fourth-order valence-corrected chi connectivity index (χ4v) is 5.40. The van der Waals surface area contributed by atoms with Crippen molar-refractivity contribution in [1.29, 1.82) is 0 Å². The van der Waals surface area contributed by atoms with E-state index in [9.17, 15) is 0 Å². The Morgan fingerprint density at radius 1 is 1.06 bits per heavy atom. The van der Waals surface area contributed by atoms with Crippen molar-refractivity contribution in [1.82, 2.24) is 0 Å². The minimum atomic E-state index is 0.411. The number of rotatable bonds is 4. The van der Waals surface area contributed by atoms with Crippen molar-refractivity contribution in [3.63, 3.8) is 0 Å². The lowest BCUT2D eigenvalue weighted by atomic mass is 9.48. The van der Waals surface area contributed by atoms with Crippen LogP contribution >= 0.6 is 0 Å². The predicted molar refractivity (Wildman–Crippen MR) is 68.1 cm³/mol. The second-order valence-corrected chi connectivity index (χ2v) is 7.29. The first kappa shape index (κ1) is 11.1. The minimum Gasteiger partial charge on any atom is -0.328 e. The molecule has 2 N–H and O–H groups in total.